The first kappa shape index (κ1) is 22.7. The maximum absolute atomic E-state index is 12.3. The van der Waals surface area contributed by atoms with Crippen LogP contribution in [0.1, 0.15) is 28.8 Å². The standard InChI is InChI=1S/C20H23ClN2O5S/c1-14-17(20(25)28-2)6-4-7-18(14)22-19(24)8-5-13-23(29(3,26)27)16-11-9-15(21)10-12-16/h4,6-7,9-12H,5,8,13H2,1-3H3,(H,22,24). The van der Waals surface area contributed by atoms with Gasteiger partial charge in [-0.25, -0.2) is 13.2 Å². The monoisotopic (exact) mass is 438 g/mol. The summed E-state index contributed by atoms with van der Waals surface area (Å²) in [6.45, 7) is 1.86. The number of hydrogen-bond acceptors (Lipinski definition) is 5. The summed E-state index contributed by atoms with van der Waals surface area (Å²) in [5, 5.41) is 3.26. The van der Waals surface area contributed by atoms with Gasteiger partial charge in [0.2, 0.25) is 15.9 Å². The molecule has 2 aromatic rings. The molecule has 0 heterocycles. The molecule has 0 bridgehead atoms. The molecule has 29 heavy (non-hydrogen) atoms. The van der Waals surface area contributed by atoms with Crippen molar-refractivity contribution in [1.29, 1.82) is 0 Å². The Morgan fingerprint density at radius 3 is 2.38 bits per heavy atom. The van der Waals surface area contributed by atoms with E-state index in [2.05, 4.69) is 5.32 Å². The Labute approximate surface area is 175 Å². The van der Waals surface area contributed by atoms with Crippen molar-refractivity contribution in [2.24, 2.45) is 0 Å². The van der Waals surface area contributed by atoms with Gasteiger partial charge in [0, 0.05) is 23.7 Å². The van der Waals surface area contributed by atoms with Crippen molar-refractivity contribution >= 4 is 44.9 Å². The average molecular weight is 439 g/mol. The van der Waals surface area contributed by atoms with Crippen molar-refractivity contribution in [3.05, 3.63) is 58.6 Å². The lowest BCUT2D eigenvalue weighted by Crippen LogP contribution is -2.31. The van der Waals surface area contributed by atoms with E-state index in [0.29, 0.717) is 33.9 Å². The summed E-state index contributed by atoms with van der Waals surface area (Å²) in [6, 6.07) is 11.4. The smallest absolute Gasteiger partial charge is 0.338 e. The lowest BCUT2D eigenvalue weighted by molar-refractivity contribution is -0.116. The predicted molar refractivity (Wildman–Crippen MR) is 114 cm³/mol. The highest BCUT2D eigenvalue weighted by atomic mass is 35.5. The van der Waals surface area contributed by atoms with E-state index in [1.807, 2.05) is 0 Å². The highest BCUT2D eigenvalue weighted by Crippen LogP contribution is 2.22. The Kier molecular flexibility index (Phi) is 7.64. The van der Waals surface area contributed by atoms with Crippen molar-refractivity contribution in [2.75, 3.05) is 29.5 Å². The van der Waals surface area contributed by atoms with Crippen LogP contribution in [0.5, 0.6) is 0 Å². The number of benzene rings is 2. The van der Waals surface area contributed by atoms with E-state index in [4.69, 9.17) is 16.3 Å². The molecule has 0 atom stereocenters. The zero-order chi connectivity index (χ0) is 21.6. The first-order valence-corrected chi connectivity index (χ1v) is 11.1. The summed E-state index contributed by atoms with van der Waals surface area (Å²) in [6.07, 6.45) is 1.54. The maximum Gasteiger partial charge on any atom is 0.338 e. The number of esters is 1. The van der Waals surface area contributed by atoms with Crippen LogP contribution < -0.4 is 9.62 Å². The molecule has 1 amide bonds. The minimum Gasteiger partial charge on any atom is -0.465 e. The number of nitrogens with one attached hydrogen (secondary N) is 1. The highest BCUT2D eigenvalue weighted by molar-refractivity contribution is 7.92. The van der Waals surface area contributed by atoms with E-state index in [0.717, 1.165) is 6.26 Å². The molecule has 0 aliphatic heterocycles. The summed E-state index contributed by atoms with van der Waals surface area (Å²) in [5.74, 6) is -0.759. The van der Waals surface area contributed by atoms with Gasteiger partial charge in [0.1, 0.15) is 0 Å². The fraction of sp³-hybridized carbons (Fsp3) is 0.300. The topological polar surface area (TPSA) is 92.8 Å². The second kappa shape index (κ2) is 9.76. The van der Waals surface area contributed by atoms with Crippen LogP contribution in [-0.2, 0) is 19.6 Å². The average Bonchev–Trinajstić information content (AvgIpc) is 2.66. The fourth-order valence-electron chi connectivity index (χ4n) is 2.79. The van der Waals surface area contributed by atoms with E-state index in [-0.39, 0.29) is 18.9 Å². The number of carbonyl (C=O) groups is 2. The molecule has 2 rings (SSSR count). The van der Waals surface area contributed by atoms with Crippen LogP contribution in [0.25, 0.3) is 0 Å². The third-order valence-electron chi connectivity index (χ3n) is 4.29. The van der Waals surface area contributed by atoms with E-state index in [1.165, 1.54) is 11.4 Å². The molecule has 156 valence electrons. The molecule has 0 saturated heterocycles. The minimum atomic E-state index is -3.51. The lowest BCUT2D eigenvalue weighted by Gasteiger charge is -2.22. The number of sulfonamides is 1. The first-order chi connectivity index (χ1) is 13.6. The molecule has 0 aliphatic rings. The number of anilines is 2. The van der Waals surface area contributed by atoms with E-state index < -0.39 is 16.0 Å². The molecule has 0 spiro atoms. The molecule has 0 saturated carbocycles. The molecule has 0 radical (unpaired) electrons. The summed E-state index contributed by atoms with van der Waals surface area (Å²) in [4.78, 5) is 24.1. The van der Waals surface area contributed by atoms with Gasteiger partial charge in [-0.15, -0.1) is 0 Å². The molecule has 0 unspecified atom stereocenters. The van der Waals surface area contributed by atoms with E-state index >= 15 is 0 Å². The van der Waals surface area contributed by atoms with Crippen LogP contribution in [-0.4, -0.2) is 40.2 Å². The van der Waals surface area contributed by atoms with Gasteiger partial charge >= 0.3 is 5.97 Å². The van der Waals surface area contributed by atoms with Crippen molar-refractivity contribution in [1.82, 2.24) is 0 Å². The zero-order valence-electron chi connectivity index (χ0n) is 16.4. The predicted octanol–water partition coefficient (Wildman–Crippen LogP) is 3.62. The van der Waals surface area contributed by atoms with E-state index in [9.17, 15) is 18.0 Å². The Hall–Kier alpha value is -2.58. The molecule has 2 aromatic carbocycles. The summed E-state index contributed by atoms with van der Waals surface area (Å²) in [5.41, 5.74) is 1.97. The Morgan fingerprint density at radius 1 is 1.14 bits per heavy atom. The second-order valence-electron chi connectivity index (χ2n) is 6.43. The van der Waals surface area contributed by atoms with E-state index in [1.54, 1.807) is 49.4 Å². The van der Waals surface area contributed by atoms with Crippen molar-refractivity contribution in [3.8, 4) is 0 Å². The maximum atomic E-state index is 12.3. The normalized spacial score (nSPS) is 11.0. The molecule has 0 fully saturated rings. The zero-order valence-corrected chi connectivity index (χ0v) is 18.0. The summed E-state index contributed by atoms with van der Waals surface area (Å²) >= 11 is 5.86. The quantitative estimate of drug-likeness (QED) is 0.635. The molecular formula is C20H23ClN2O5S. The minimum absolute atomic E-state index is 0.113. The first-order valence-electron chi connectivity index (χ1n) is 8.84. The van der Waals surface area contributed by atoms with Crippen molar-refractivity contribution in [3.63, 3.8) is 0 Å². The Balaban J connectivity index is 2.01. The van der Waals surface area contributed by atoms with Crippen LogP contribution in [0, 0.1) is 6.92 Å². The van der Waals surface area contributed by atoms with Gasteiger partial charge in [-0.05, 0) is 55.3 Å². The largest absolute Gasteiger partial charge is 0.465 e. The second-order valence-corrected chi connectivity index (χ2v) is 8.78. The molecule has 7 nitrogen and oxygen atoms in total. The number of rotatable bonds is 8. The summed E-state index contributed by atoms with van der Waals surface area (Å²) < 4.78 is 30.2. The van der Waals surface area contributed by atoms with Crippen LogP contribution >= 0.6 is 11.6 Å². The summed E-state index contributed by atoms with van der Waals surface area (Å²) in [7, 11) is -2.21. The van der Waals surface area contributed by atoms with Gasteiger partial charge in [-0.1, -0.05) is 17.7 Å². The number of amides is 1. The highest BCUT2D eigenvalue weighted by Gasteiger charge is 2.18. The van der Waals surface area contributed by atoms with Crippen molar-refractivity contribution in [2.45, 2.75) is 19.8 Å². The molecular weight excluding hydrogens is 416 g/mol. The number of methoxy groups -OCH3 is 1. The molecule has 0 aliphatic carbocycles. The van der Waals surface area contributed by atoms with Gasteiger partial charge in [-0.3, -0.25) is 9.10 Å². The van der Waals surface area contributed by atoms with Crippen LogP contribution in [0.15, 0.2) is 42.5 Å². The van der Waals surface area contributed by atoms with Gasteiger partial charge in [0.15, 0.2) is 0 Å². The fourth-order valence-corrected chi connectivity index (χ4v) is 3.88. The number of hydrogen-bond donors (Lipinski definition) is 1. The van der Waals surface area contributed by atoms with Gasteiger partial charge in [0.25, 0.3) is 0 Å². The SMILES string of the molecule is COC(=O)c1cccc(NC(=O)CCCN(c2ccc(Cl)cc2)S(C)(=O)=O)c1C. The Bertz CT molecular complexity index is 990. The third kappa shape index (κ3) is 6.20. The number of nitrogens with zero attached hydrogens (tertiary/aromatic N) is 1. The van der Waals surface area contributed by atoms with Crippen LogP contribution in [0.3, 0.4) is 0 Å². The molecule has 9 heteroatoms. The number of halogens is 1. The van der Waals surface area contributed by atoms with Gasteiger partial charge < -0.3 is 10.1 Å². The van der Waals surface area contributed by atoms with Gasteiger partial charge in [0.05, 0.1) is 24.6 Å². The Morgan fingerprint density at radius 2 is 1.79 bits per heavy atom. The number of ether oxygens (including phenoxy) is 1. The van der Waals surface area contributed by atoms with Crippen molar-refractivity contribution < 1.29 is 22.7 Å². The van der Waals surface area contributed by atoms with Crippen LogP contribution in [0.2, 0.25) is 5.02 Å². The van der Waals surface area contributed by atoms with Crippen LogP contribution in [0.4, 0.5) is 11.4 Å². The molecule has 0 aromatic heterocycles. The third-order valence-corrected chi connectivity index (χ3v) is 5.74. The number of carbonyl (C=O) groups excluding carboxylic acids is 2. The molecule has 1 N–H and O–H groups in total. The lowest BCUT2D eigenvalue weighted by atomic mass is 10.1. The van der Waals surface area contributed by atoms with Gasteiger partial charge in [-0.2, -0.15) is 0 Å².